The molecule has 0 saturated carbocycles. The van der Waals surface area contributed by atoms with Gasteiger partial charge in [0.15, 0.2) is 0 Å². The van der Waals surface area contributed by atoms with Gasteiger partial charge in [-0.05, 0) is 37.8 Å². The molecule has 0 aromatic carbocycles. The molecule has 2 heterocycles. The monoisotopic (exact) mass is 282 g/mol. The lowest BCUT2D eigenvalue weighted by molar-refractivity contribution is -0.116. The van der Waals surface area contributed by atoms with Crippen LogP contribution >= 0.6 is 16.1 Å². The lowest BCUT2D eigenvalue weighted by Crippen LogP contribution is -2.20. The van der Waals surface area contributed by atoms with Crippen LogP contribution in [0.3, 0.4) is 0 Å². The van der Waals surface area contributed by atoms with Crippen LogP contribution in [0.4, 0.5) is 5.82 Å². The van der Waals surface area contributed by atoms with E-state index in [4.69, 9.17) is 0 Å². The molecule has 3 nitrogen and oxygen atoms in total. The second-order valence-corrected chi connectivity index (χ2v) is 5.03. The van der Waals surface area contributed by atoms with E-state index < -0.39 is 0 Å². The Bertz CT molecular complexity index is 406. The smallest absolute Gasteiger partial charge is 0.141 e. The summed E-state index contributed by atoms with van der Waals surface area (Å²) >= 11 is 3.51. The molecule has 1 aromatic rings. The summed E-state index contributed by atoms with van der Waals surface area (Å²) in [6.45, 7) is 2.62. The van der Waals surface area contributed by atoms with Crippen LogP contribution < -0.4 is 3.93 Å². The molecule has 1 aliphatic heterocycles. The first-order valence-corrected chi connectivity index (χ1v) is 6.29. The van der Waals surface area contributed by atoms with Gasteiger partial charge in [0, 0.05) is 18.7 Å². The number of fused-ring (bicyclic) bond motifs is 1. The van der Waals surface area contributed by atoms with Gasteiger partial charge in [0.05, 0.1) is 16.1 Å². The highest BCUT2D eigenvalue weighted by Gasteiger charge is 2.16. The maximum atomic E-state index is 10.9. The topological polar surface area (TPSA) is 33.2 Å². The number of nitrogens with zero attached hydrogens (tertiary/aromatic N) is 2. The molecule has 0 spiro atoms. The first-order valence-electron chi connectivity index (χ1n) is 5.58. The average Bonchev–Trinajstić information content (AvgIpc) is 2.27. The van der Waals surface area contributed by atoms with Crippen molar-refractivity contribution in [3.8, 4) is 0 Å². The Labute approximate surface area is 104 Å². The number of aryl methyl sites for hydroxylation is 2. The number of anilines is 1. The number of aromatic nitrogens is 1. The van der Waals surface area contributed by atoms with Crippen molar-refractivity contribution in [3.63, 3.8) is 0 Å². The first-order chi connectivity index (χ1) is 7.66. The summed E-state index contributed by atoms with van der Waals surface area (Å²) in [5, 5.41) is 0. The van der Waals surface area contributed by atoms with Gasteiger partial charge in [-0.15, -0.1) is 0 Å². The minimum Gasteiger partial charge on any atom is -0.300 e. The third-order valence-corrected chi connectivity index (χ3v) is 3.47. The van der Waals surface area contributed by atoms with Gasteiger partial charge in [0.2, 0.25) is 0 Å². The molecule has 0 saturated heterocycles. The van der Waals surface area contributed by atoms with Gasteiger partial charge in [0.25, 0.3) is 0 Å². The fraction of sp³-hybridized carbons (Fsp3) is 0.500. The quantitative estimate of drug-likeness (QED) is 0.800. The minimum absolute atomic E-state index is 0.218. The zero-order valence-corrected chi connectivity index (χ0v) is 11.0. The Hall–Kier alpha value is -0.900. The number of Topliss-reactive ketones (excluding diaryl/α,β-unsaturated/α-hetero) is 1. The highest BCUT2D eigenvalue weighted by Crippen LogP contribution is 2.27. The van der Waals surface area contributed by atoms with Gasteiger partial charge < -0.3 is 4.79 Å². The van der Waals surface area contributed by atoms with Gasteiger partial charge in [0.1, 0.15) is 11.6 Å². The zero-order chi connectivity index (χ0) is 11.5. The average molecular weight is 283 g/mol. The predicted octanol–water partition coefficient (Wildman–Crippen LogP) is 2.67. The molecule has 2 rings (SSSR count). The molecule has 0 amide bonds. The maximum Gasteiger partial charge on any atom is 0.141 e. The summed E-state index contributed by atoms with van der Waals surface area (Å²) < 4.78 is 2.02. The fourth-order valence-corrected chi connectivity index (χ4v) is 2.44. The van der Waals surface area contributed by atoms with Gasteiger partial charge in [-0.3, -0.25) is 3.93 Å². The summed E-state index contributed by atoms with van der Waals surface area (Å²) in [5.74, 6) is 1.24. The van der Waals surface area contributed by atoms with Crippen LogP contribution in [0.2, 0.25) is 0 Å². The normalized spacial score (nSPS) is 14.8. The molecule has 16 heavy (non-hydrogen) atoms. The van der Waals surface area contributed by atoms with Gasteiger partial charge in [-0.2, -0.15) is 0 Å². The van der Waals surface area contributed by atoms with Crippen LogP contribution in [-0.4, -0.2) is 17.3 Å². The van der Waals surface area contributed by atoms with Crippen molar-refractivity contribution in [3.05, 3.63) is 23.4 Å². The number of carbonyl (C=O) groups is 1. The number of hydrogen-bond donors (Lipinski definition) is 0. The summed E-state index contributed by atoms with van der Waals surface area (Å²) in [6.07, 6.45) is 3.57. The van der Waals surface area contributed by atoms with E-state index in [-0.39, 0.29) is 5.78 Å². The van der Waals surface area contributed by atoms with Crippen LogP contribution in [0.15, 0.2) is 12.1 Å². The van der Waals surface area contributed by atoms with E-state index in [1.807, 2.05) is 9.99 Å². The van der Waals surface area contributed by atoms with Crippen molar-refractivity contribution in [2.75, 3.05) is 10.5 Å². The predicted molar refractivity (Wildman–Crippen MR) is 67.8 cm³/mol. The second-order valence-electron chi connectivity index (χ2n) is 4.18. The molecule has 0 aliphatic carbocycles. The van der Waals surface area contributed by atoms with Crippen LogP contribution in [0, 0.1) is 0 Å². The molecular weight excluding hydrogens is 268 g/mol. The van der Waals surface area contributed by atoms with Crippen molar-refractivity contribution in [1.29, 1.82) is 0 Å². The molecule has 0 unspecified atom stereocenters. The molecule has 86 valence electrons. The van der Waals surface area contributed by atoms with Crippen molar-refractivity contribution in [2.45, 2.75) is 32.6 Å². The fourth-order valence-electron chi connectivity index (χ4n) is 1.88. The third-order valence-electron chi connectivity index (χ3n) is 2.78. The van der Waals surface area contributed by atoms with Crippen LogP contribution in [0.1, 0.15) is 31.0 Å². The van der Waals surface area contributed by atoms with Crippen LogP contribution in [0.25, 0.3) is 0 Å². The maximum absolute atomic E-state index is 10.9. The van der Waals surface area contributed by atoms with Gasteiger partial charge in [-0.25, -0.2) is 4.98 Å². The first kappa shape index (κ1) is 11.6. The van der Waals surface area contributed by atoms with E-state index in [9.17, 15) is 4.79 Å². The molecule has 0 N–H and O–H groups in total. The Morgan fingerprint density at radius 3 is 3.12 bits per heavy atom. The number of rotatable bonds is 3. The van der Waals surface area contributed by atoms with Crippen LogP contribution in [-0.2, 0) is 17.6 Å². The van der Waals surface area contributed by atoms with E-state index in [0.717, 1.165) is 37.3 Å². The molecule has 1 aromatic heterocycles. The number of halogens is 1. The van der Waals surface area contributed by atoms with E-state index in [1.54, 1.807) is 6.92 Å². The van der Waals surface area contributed by atoms with Gasteiger partial charge in [-0.1, -0.05) is 6.07 Å². The summed E-state index contributed by atoms with van der Waals surface area (Å²) in [4.78, 5) is 15.5. The molecule has 0 bridgehead atoms. The summed E-state index contributed by atoms with van der Waals surface area (Å²) in [7, 11) is 0. The zero-order valence-electron chi connectivity index (χ0n) is 9.37. The number of ketones is 1. The third kappa shape index (κ3) is 2.61. The van der Waals surface area contributed by atoms with E-state index >= 15 is 0 Å². The number of hydrogen-bond acceptors (Lipinski definition) is 3. The highest BCUT2D eigenvalue weighted by atomic mass is 79.9. The molecule has 0 atom stereocenters. The second kappa shape index (κ2) is 4.95. The standard InChI is InChI=1S/C12H15BrN2O/c1-9(16)4-6-11-7-5-10-3-2-8-15(13)12(10)14-11/h5,7H,2-4,6,8H2,1H3. The Kier molecular flexibility index (Phi) is 3.59. The molecule has 0 fully saturated rings. The Balaban J connectivity index is 2.17. The van der Waals surface area contributed by atoms with Crippen LogP contribution in [0.5, 0.6) is 0 Å². The SMILES string of the molecule is CC(=O)CCc1ccc2c(n1)N(Br)CCC2. The lowest BCUT2D eigenvalue weighted by Gasteiger charge is -2.24. The summed E-state index contributed by atoms with van der Waals surface area (Å²) in [5.41, 5.74) is 2.29. The number of pyridine rings is 1. The summed E-state index contributed by atoms with van der Waals surface area (Å²) in [6, 6.07) is 4.17. The molecule has 0 radical (unpaired) electrons. The molecule has 1 aliphatic rings. The Morgan fingerprint density at radius 2 is 2.38 bits per heavy atom. The van der Waals surface area contributed by atoms with E-state index in [0.29, 0.717) is 6.42 Å². The van der Waals surface area contributed by atoms with Crippen molar-refractivity contribution in [2.24, 2.45) is 0 Å². The Morgan fingerprint density at radius 1 is 1.56 bits per heavy atom. The van der Waals surface area contributed by atoms with Gasteiger partial charge >= 0.3 is 0 Å². The van der Waals surface area contributed by atoms with E-state index in [1.165, 1.54) is 5.56 Å². The molecule has 4 heteroatoms. The molecular formula is C12H15BrN2O. The highest BCUT2D eigenvalue weighted by molar-refractivity contribution is 9.10. The lowest BCUT2D eigenvalue weighted by atomic mass is 10.1. The van der Waals surface area contributed by atoms with E-state index in [2.05, 4.69) is 27.2 Å². The van der Waals surface area contributed by atoms with Crippen molar-refractivity contribution >= 4 is 27.7 Å². The van der Waals surface area contributed by atoms with Crippen molar-refractivity contribution in [1.82, 2.24) is 4.98 Å². The number of carbonyl (C=O) groups excluding carboxylic acids is 1. The largest absolute Gasteiger partial charge is 0.300 e. The minimum atomic E-state index is 0.218. The van der Waals surface area contributed by atoms with Crippen molar-refractivity contribution < 1.29 is 4.79 Å².